The Morgan fingerprint density at radius 1 is 1.09 bits per heavy atom. The number of amides is 1. The van der Waals surface area contributed by atoms with E-state index in [2.05, 4.69) is 19.9 Å². The predicted octanol–water partition coefficient (Wildman–Crippen LogP) is 2.01. The maximum atomic E-state index is 12.8. The summed E-state index contributed by atoms with van der Waals surface area (Å²) in [4.78, 5) is 27.6. The SMILES string of the molecule is O=C(Cn1cnc2nccnc21)N1CCCC2CCCCC21. The van der Waals surface area contributed by atoms with Crippen LogP contribution >= 0.6 is 0 Å². The number of carbonyl (C=O) groups is 1. The van der Waals surface area contributed by atoms with Crippen molar-refractivity contribution < 1.29 is 4.79 Å². The van der Waals surface area contributed by atoms with Gasteiger partial charge in [-0.2, -0.15) is 0 Å². The second-order valence-corrected chi connectivity index (χ2v) is 6.42. The first kappa shape index (κ1) is 13.7. The number of imidazole rings is 1. The molecule has 3 heterocycles. The molecule has 4 rings (SSSR count). The van der Waals surface area contributed by atoms with Crippen LogP contribution < -0.4 is 0 Å². The first-order chi connectivity index (χ1) is 10.8. The number of hydrogen-bond acceptors (Lipinski definition) is 4. The number of rotatable bonds is 2. The van der Waals surface area contributed by atoms with Gasteiger partial charge in [0.25, 0.3) is 0 Å². The van der Waals surface area contributed by atoms with Gasteiger partial charge in [0.1, 0.15) is 6.54 Å². The Kier molecular flexibility index (Phi) is 3.52. The van der Waals surface area contributed by atoms with Crippen LogP contribution in [-0.2, 0) is 11.3 Å². The molecule has 116 valence electrons. The Hall–Kier alpha value is -1.98. The second kappa shape index (κ2) is 5.66. The third kappa shape index (κ3) is 2.36. The van der Waals surface area contributed by atoms with Gasteiger partial charge in [-0.1, -0.05) is 12.8 Å². The molecule has 0 spiro atoms. The summed E-state index contributed by atoms with van der Waals surface area (Å²) in [6.45, 7) is 1.22. The standard InChI is InChI=1S/C16H21N5O/c22-14(10-20-11-19-15-16(20)18-8-7-17-15)21-9-3-5-12-4-1-2-6-13(12)21/h7-8,11-13H,1-6,9-10H2. The normalized spacial score (nSPS) is 25.2. The molecule has 0 aromatic carbocycles. The Balaban J connectivity index is 1.53. The minimum atomic E-state index is 0.196. The summed E-state index contributed by atoms with van der Waals surface area (Å²) in [7, 11) is 0. The first-order valence-electron chi connectivity index (χ1n) is 8.24. The lowest BCUT2D eigenvalue weighted by Gasteiger charge is -2.44. The van der Waals surface area contributed by atoms with E-state index in [0.717, 1.165) is 13.0 Å². The lowest BCUT2D eigenvalue weighted by atomic mass is 9.78. The Bertz CT molecular complexity index is 680. The molecule has 6 heteroatoms. The van der Waals surface area contributed by atoms with Gasteiger partial charge in [0.15, 0.2) is 11.3 Å². The Morgan fingerprint density at radius 2 is 1.91 bits per heavy atom. The van der Waals surface area contributed by atoms with Gasteiger partial charge < -0.3 is 9.47 Å². The molecule has 2 unspecified atom stereocenters. The van der Waals surface area contributed by atoms with E-state index in [-0.39, 0.29) is 5.91 Å². The van der Waals surface area contributed by atoms with E-state index in [1.165, 1.54) is 32.1 Å². The van der Waals surface area contributed by atoms with Gasteiger partial charge in [0.05, 0.1) is 6.33 Å². The minimum absolute atomic E-state index is 0.196. The molecule has 1 saturated heterocycles. The number of likely N-dealkylation sites (tertiary alicyclic amines) is 1. The summed E-state index contributed by atoms with van der Waals surface area (Å²) in [5.41, 5.74) is 1.29. The zero-order chi connectivity index (χ0) is 14.9. The summed E-state index contributed by atoms with van der Waals surface area (Å²) < 4.78 is 1.82. The molecule has 2 aliphatic rings. The van der Waals surface area contributed by atoms with Crippen molar-refractivity contribution in [1.29, 1.82) is 0 Å². The van der Waals surface area contributed by atoms with Crippen LogP contribution in [0.3, 0.4) is 0 Å². The van der Waals surface area contributed by atoms with E-state index in [4.69, 9.17) is 0 Å². The van der Waals surface area contributed by atoms with E-state index in [1.807, 2.05) is 4.57 Å². The average molecular weight is 299 g/mol. The van der Waals surface area contributed by atoms with Crippen molar-refractivity contribution >= 4 is 17.2 Å². The van der Waals surface area contributed by atoms with Gasteiger partial charge in [-0.3, -0.25) is 4.79 Å². The third-order valence-electron chi connectivity index (χ3n) is 5.12. The molecular weight excluding hydrogens is 278 g/mol. The summed E-state index contributed by atoms with van der Waals surface area (Å²) in [5.74, 6) is 0.910. The van der Waals surface area contributed by atoms with Crippen LogP contribution in [-0.4, -0.2) is 42.9 Å². The molecule has 1 saturated carbocycles. The first-order valence-corrected chi connectivity index (χ1v) is 8.24. The quantitative estimate of drug-likeness (QED) is 0.851. The number of carbonyl (C=O) groups excluding carboxylic acids is 1. The van der Waals surface area contributed by atoms with E-state index >= 15 is 0 Å². The molecule has 0 N–H and O–H groups in total. The summed E-state index contributed by atoms with van der Waals surface area (Å²) in [6.07, 6.45) is 12.4. The van der Waals surface area contributed by atoms with Gasteiger partial charge in [-0.25, -0.2) is 15.0 Å². The fraction of sp³-hybridized carbons (Fsp3) is 0.625. The van der Waals surface area contributed by atoms with Crippen LogP contribution in [0.2, 0.25) is 0 Å². The van der Waals surface area contributed by atoms with Crippen LogP contribution in [0.1, 0.15) is 38.5 Å². The molecule has 0 radical (unpaired) electrons. The molecule has 0 bridgehead atoms. The summed E-state index contributed by atoms with van der Waals surface area (Å²) in [6, 6.07) is 0.455. The van der Waals surface area contributed by atoms with E-state index in [1.54, 1.807) is 18.7 Å². The maximum Gasteiger partial charge on any atom is 0.242 e. The molecule has 2 aromatic heterocycles. The second-order valence-electron chi connectivity index (χ2n) is 6.42. The molecule has 1 aliphatic carbocycles. The number of fused-ring (bicyclic) bond motifs is 2. The van der Waals surface area contributed by atoms with Crippen molar-refractivity contribution in [3.63, 3.8) is 0 Å². The molecule has 6 nitrogen and oxygen atoms in total. The smallest absolute Gasteiger partial charge is 0.242 e. The maximum absolute atomic E-state index is 12.8. The van der Waals surface area contributed by atoms with Gasteiger partial charge in [0, 0.05) is 25.0 Å². The number of hydrogen-bond donors (Lipinski definition) is 0. The van der Waals surface area contributed by atoms with Crippen LogP contribution in [0.5, 0.6) is 0 Å². The molecule has 1 amide bonds. The largest absolute Gasteiger partial charge is 0.338 e. The van der Waals surface area contributed by atoms with Crippen LogP contribution in [0.15, 0.2) is 18.7 Å². The average Bonchev–Trinajstić information content (AvgIpc) is 2.97. The molecule has 2 aromatic rings. The fourth-order valence-electron chi connectivity index (χ4n) is 4.08. The van der Waals surface area contributed by atoms with Crippen LogP contribution in [0.4, 0.5) is 0 Å². The fourth-order valence-corrected chi connectivity index (χ4v) is 4.08. The van der Waals surface area contributed by atoms with E-state index in [9.17, 15) is 4.79 Å². The van der Waals surface area contributed by atoms with E-state index in [0.29, 0.717) is 29.8 Å². The van der Waals surface area contributed by atoms with Crippen LogP contribution in [0, 0.1) is 5.92 Å². The third-order valence-corrected chi connectivity index (χ3v) is 5.12. The van der Waals surface area contributed by atoms with Gasteiger partial charge in [-0.15, -0.1) is 0 Å². The molecule has 22 heavy (non-hydrogen) atoms. The van der Waals surface area contributed by atoms with Crippen molar-refractivity contribution in [2.75, 3.05) is 6.54 Å². The van der Waals surface area contributed by atoms with Crippen molar-refractivity contribution in [2.45, 2.75) is 51.1 Å². The lowest BCUT2D eigenvalue weighted by molar-refractivity contribution is -0.138. The Labute approximate surface area is 129 Å². The molecule has 2 atom stereocenters. The number of piperidine rings is 1. The van der Waals surface area contributed by atoms with Crippen molar-refractivity contribution in [1.82, 2.24) is 24.4 Å². The highest BCUT2D eigenvalue weighted by atomic mass is 16.2. The molecular formula is C16H21N5O. The summed E-state index contributed by atoms with van der Waals surface area (Å²) in [5, 5.41) is 0. The van der Waals surface area contributed by atoms with Gasteiger partial charge >= 0.3 is 0 Å². The van der Waals surface area contributed by atoms with E-state index < -0.39 is 0 Å². The zero-order valence-corrected chi connectivity index (χ0v) is 12.7. The van der Waals surface area contributed by atoms with Gasteiger partial charge in [0.2, 0.25) is 5.91 Å². The Morgan fingerprint density at radius 3 is 2.86 bits per heavy atom. The lowest BCUT2D eigenvalue weighted by Crippen LogP contribution is -2.50. The van der Waals surface area contributed by atoms with Crippen molar-refractivity contribution in [3.8, 4) is 0 Å². The monoisotopic (exact) mass is 299 g/mol. The summed E-state index contributed by atoms with van der Waals surface area (Å²) >= 11 is 0. The highest BCUT2D eigenvalue weighted by Crippen LogP contribution is 2.35. The van der Waals surface area contributed by atoms with Gasteiger partial charge in [-0.05, 0) is 31.6 Å². The van der Waals surface area contributed by atoms with Crippen molar-refractivity contribution in [2.24, 2.45) is 5.92 Å². The molecule has 1 aliphatic heterocycles. The number of nitrogens with zero attached hydrogens (tertiary/aromatic N) is 5. The predicted molar refractivity (Wildman–Crippen MR) is 82.0 cm³/mol. The zero-order valence-electron chi connectivity index (χ0n) is 12.7. The highest BCUT2D eigenvalue weighted by Gasteiger charge is 2.35. The highest BCUT2D eigenvalue weighted by molar-refractivity contribution is 5.78. The minimum Gasteiger partial charge on any atom is -0.338 e. The van der Waals surface area contributed by atoms with Crippen LogP contribution in [0.25, 0.3) is 11.3 Å². The topological polar surface area (TPSA) is 63.9 Å². The molecule has 2 fully saturated rings. The van der Waals surface area contributed by atoms with Crippen molar-refractivity contribution in [3.05, 3.63) is 18.7 Å². The number of aromatic nitrogens is 4.